The molecule has 2 aliphatic heterocycles. The van der Waals surface area contributed by atoms with Crippen molar-refractivity contribution in [2.75, 3.05) is 13.1 Å². The van der Waals surface area contributed by atoms with Crippen LogP contribution in [0.3, 0.4) is 0 Å². The largest absolute Gasteiger partial charge is 0.343 e. The molecule has 3 rings (SSSR count). The lowest BCUT2D eigenvalue weighted by atomic mass is 10.1. The molecule has 1 aromatic rings. The van der Waals surface area contributed by atoms with E-state index in [0.29, 0.717) is 0 Å². The zero-order valence-corrected chi connectivity index (χ0v) is 13.8. The maximum atomic E-state index is 3.75. The Balaban J connectivity index is 1.53. The molecule has 1 aromatic carbocycles. The summed E-state index contributed by atoms with van der Waals surface area (Å²) in [5, 5.41) is 0. The van der Waals surface area contributed by atoms with E-state index in [4.69, 9.17) is 0 Å². The molecule has 4 radical (unpaired) electrons. The molecule has 122 valence electrons. The SMILES string of the molecule is C=CCN1[C]N(Cc2cccc(CN3[C]N(CC=C)C=C3)c2)C=C1. The van der Waals surface area contributed by atoms with E-state index in [1.54, 1.807) is 0 Å². The van der Waals surface area contributed by atoms with Crippen molar-refractivity contribution < 1.29 is 0 Å². The molecule has 0 N–H and O–H groups in total. The third-order valence-corrected chi connectivity index (χ3v) is 3.72. The van der Waals surface area contributed by atoms with Crippen LogP contribution in [0.25, 0.3) is 0 Å². The van der Waals surface area contributed by atoms with Gasteiger partial charge in [-0.1, -0.05) is 36.4 Å². The summed E-state index contributed by atoms with van der Waals surface area (Å²) >= 11 is 0. The van der Waals surface area contributed by atoms with E-state index in [1.165, 1.54) is 11.1 Å². The van der Waals surface area contributed by atoms with Crippen molar-refractivity contribution in [1.29, 1.82) is 0 Å². The molecule has 0 aliphatic carbocycles. The van der Waals surface area contributed by atoms with Gasteiger partial charge in [-0.05, 0) is 11.1 Å². The summed E-state index contributed by atoms with van der Waals surface area (Å²) in [6.07, 6.45) is 11.8. The van der Waals surface area contributed by atoms with Crippen molar-refractivity contribution in [1.82, 2.24) is 19.6 Å². The van der Waals surface area contributed by atoms with Gasteiger partial charge >= 0.3 is 0 Å². The molecule has 2 aliphatic rings. The van der Waals surface area contributed by atoms with E-state index in [9.17, 15) is 0 Å². The Bertz CT molecular complexity index is 583. The number of hydrogen-bond donors (Lipinski definition) is 0. The number of rotatable bonds is 8. The summed E-state index contributed by atoms with van der Waals surface area (Å²) in [5.74, 6) is 0. The Kier molecular flexibility index (Phi) is 5.26. The minimum Gasteiger partial charge on any atom is -0.343 e. The molecule has 0 bridgehead atoms. The zero-order valence-electron chi connectivity index (χ0n) is 13.8. The third-order valence-electron chi connectivity index (χ3n) is 3.72. The highest BCUT2D eigenvalue weighted by molar-refractivity contribution is 5.25. The molecule has 4 heteroatoms. The normalized spacial score (nSPS) is 16.3. The van der Waals surface area contributed by atoms with Crippen LogP contribution in [0.15, 0.2) is 74.4 Å². The van der Waals surface area contributed by atoms with Crippen molar-refractivity contribution in [3.63, 3.8) is 0 Å². The topological polar surface area (TPSA) is 13.0 Å². The van der Waals surface area contributed by atoms with Crippen LogP contribution in [0, 0.1) is 13.3 Å². The highest BCUT2D eigenvalue weighted by Gasteiger charge is 2.15. The van der Waals surface area contributed by atoms with Crippen molar-refractivity contribution in [2.45, 2.75) is 13.1 Å². The quantitative estimate of drug-likeness (QED) is 0.682. The van der Waals surface area contributed by atoms with Crippen LogP contribution in [0.1, 0.15) is 11.1 Å². The first-order valence-corrected chi connectivity index (χ1v) is 8.02. The second-order valence-electron chi connectivity index (χ2n) is 5.75. The molecule has 24 heavy (non-hydrogen) atoms. The molecule has 0 aromatic heterocycles. The van der Waals surface area contributed by atoms with Gasteiger partial charge in [0.05, 0.1) is 0 Å². The van der Waals surface area contributed by atoms with Crippen molar-refractivity contribution in [3.05, 3.63) is 98.8 Å². The first kappa shape index (κ1) is 16.2. The average molecular weight is 318 g/mol. The van der Waals surface area contributed by atoms with E-state index in [0.717, 1.165) is 26.2 Å². The fourth-order valence-electron chi connectivity index (χ4n) is 2.66. The lowest BCUT2D eigenvalue weighted by Crippen LogP contribution is -2.20. The van der Waals surface area contributed by atoms with Crippen molar-refractivity contribution >= 4 is 0 Å². The van der Waals surface area contributed by atoms with Crippen LogP contribution in [0.5, 0.6) is 0 Å². The number of hydrogen-bond acceptors (Lipinski definition) is 4. The van der Waals surface area contributed by atoms with Crippen LogP contribution in [0.2, 0.25) is 0 Å². The van der Waals surface area contributed by atoms with Gasteiger partial charge < -0.3 is 19.6 Å². The zero-order chi connectivity index (χ0) is 16.8. The maximum absolute atomic E-state index is 3.75. The van der Waals surface area contributed by atoms with E-state index >= 15 is 0 Å². The Hall–Kier alpha value is -2.62. The van der Waals surface area contributed by atoms with Gasteiger partial charge in [-0.3, -0.25) is 0 Å². The average Bonchev–Trinajstić information content (AvgIpc) is 3.18. The summed E-state index contributed by atoms with van der Waals surface area (Å²) in [6.45, 7) is 17.3. The second kappa shape index (κ2) is 7.77. The van der Waals surface area contributed by atoms with E-state index < -0.39 is 0 Å². The first-order valence-electron chi connectivity index (χ1n) is 8.02. The number of nitrogens with zero attached hydrogens (tertiary/aromatic N) is 4. The molecule has 0 amide bonds. The third kappa shape index (κ3) is 4.22. The van der Waals surface area contributed by atoms with Gasteiger partial charge in [-0.15, -0.1) is 13.2 Å². The minimum absolute atomic E-state index is 0.779. The molecule has 0 saturated heterocycles. The van der Waals surface area contributed by atoms with Crippen molar-refractivity contribution in [2.24, 2.45) is 0 Å². The van der Waals surface area contributed by atoms with Crippen LogP contribution in [-0.4, -0.2) is 32.7 Å². The van der Waals surface area contributed by atoms with E-state index in [-0.39, 0.29) is 0 Å². The first-order chi connectivity index (χ1) is 11.8. The molecule has 0 unspecified atom stereocenters. The molecule has 2 heterocycles. The lowest BCUT2D eigenvalue weighted by Gasteiger charge is -2.19. The molecule has 0 spiro atoms. The highest BCUT2D eigenvalue weighted by atomic mass is 15.3. The van der Waals surface area contributed by atoms with Crippen LogP contribution < -0.4 is 0 Å². The van der Waals surface area contributed by atoms with E-state index in [2.05, 4.69) is 60.6 Å². The fourth-order valence-corrected chi connectivity index (χ4v) is 2.66. The highest BCUT2D eigenvalue weighted by Crippen LogP contribution is 2.19. The molecule has 4 nitrogen and oxygen atoms in total. The summed E-state index contributed by atoms with van der Waals surface area (Å²) in [5.41, 5.74) is 2.52. The van der Waals surface area contributed by atoms with Crippen LogP contribution >= 0.6 is 0 Å². The minimum atomic E-state index is 0.779. The Morgan fingerprint density at radius 3 is 1.67 bits per heavy atom. The smallest absolute Gasteiger partial charge is 0.208 e. The van der Waals surface area contributed by atoms with Gasteiger partial charge in [0.15, 0.2) is 0 Å². The lowest BCUT2D eigenvalue weighted by molar-refractivity contribution is 0.354. The summed E-state index contributed by atoms with van der Waals surface area (Å²) in [6, 6.07) is 8.63. The summed E-state index contributed by atoms with van der Waals surface area (Å²) in [7, 11) is 0. The molecular weight excluding hydrogens is 296 g/mol. The molecule has 0 fully saturated rings. The standard InChI is InChI=1S/C20H22N4/c1-3-8-21-10-12-23(17-21)15-19-6-5-7-20(14-19)16-24-13-11-22(18-24)9-4-2/h3-7,10-14H,1-2,8-9,15-16H2. The maximum Gasteiger partial charge on any atom is 0.208 e. The van der Waals surface area contributed by atoms with Gasteiger partial charge in [0, 0.05) is 51.0 Å². The second-order valence-corrected chi connectivity index (χ2v) is 5.75. The van der Waals surface area contributed by atoms with Gasteiger partial charge in [0.1, 0.15) is 0 Å². The van der Waals surface area contributed by atoms with Gasteiger partial charge in [-0.2, -0.15) is 0 Å². The van der Waals surface area contributed by atoms with Gasteiger partial charge in [-0.25, -0.2) is 0 Å². The molecule has 0 saturated carbocycles. The Morgan fingerprint density at radius 2 is 1.21 bits per heavy atom. The number of benzene rings is 1. The molecule has 0 atom stereocenters. The fraction of sp³-hybridized carbons (Fsp3) is 0.200. The summed E-state index contributed by atoms with van der Waals surface area (Å²) in [4.78, 5) is 8.10. The van der Waals surface area contributed by atoms with Crippen LogP contribution in [-0.2, 0) is 13.1 Å². The predicted octanol–water partition coefficient (Wildman–Crippen LogP) is 3.23. The van der Waals surface area contributed by atoms with Gasteiger partial charge in [0.25, 0.3) is 0 Å². The van der Waals surface area contributed by atoms with E-state index in [1.807, 2.05) is 46.8 Å². The Morgan fingerprint density at radius 1 is 0.750 bits per heavy atom. The van der Waals surface area contributed by atoms with Gasteiger partial charge in [0.2, 0.25) is 13.3 Å². The van der Waals surface area contributed by atoms with Crippen LogP contribution in [0.4, 0.5) is 0 Å². The summed E-state index contributed by atoms with van der Waals surface area (Å²) < 4.78 is 0. The Labute approximate surface area is 145 Å². The monoisotopic (exact) mass is 318 g/mol. The predicted molar refractivity (Wildman–Crippen MR) is 96.1 cm³/mol. The molecular formula is C20H22N4. The van der Waals surface area contributed by atoms with Crippen molar-refractivity contribution in [3.8, 4) is 0 Å².